The molecule has 0 bridgehead atoms. The summed E-state index contributed by atoms with van der Waals surface area (Å²) in [5, 5.41) is 6.51. The van der Waals surface area contributed by atoms with Crippen molar-refractivity contribution in [3.05, 3.63) is 78.1 Å². The van der Waals surface area contributed by atoms with Crippen LogP contribution in [0.2, 0.25) is 0 Å². The van der Waals surface area contributed by atoms with Crippen molar-refractivity contribution < 1.29 is 4.79 Å². The van der Waals surface area contributed by atoms with Gasteiger partial charge in [0.15, 0.2) is 0 Å². The Morgan fingerprint density at radius 3 is 2.59 bits per heavy atom. The van der Waals surface area contributed by atoms with Crippen molar-refractivity contribution in [3.8, 4) is 11.3 Å². The summed E-state index contributed by atoms with van der Waals surface area (Å²) in [4.78, 5) is 21.4. The zero-order valence-electron chi connectivity index (χ0n) is 16.5. The minimum atomic E-state index is -0.0923. The summed E-state index contributed by atoms with van der Waals surface area (Å²) in [5.41, 5.74) is 3.42. The predicted molar refractivity (Wildman–Crippen MR) is 116 cm³/mol. The molecule has 1 aromatic heterocycles. The van der Waals surface area contributed by atoms with Crippen LogP contribution in [0.15, 0.2) is 67.0 Å². The zero-order valence-corrected chi connectivity index (χ0v) is 16.5. The SMILES string of the molecule is O=C(NCc1ccccc1)c1cccc(-c2cc(NC3CCCCC3)ncn2)c1. The van der Waals surface area contributed by atoms with E-state index in [9.17, 15) is 4.79 Å². The minimum absolute atomic E-state index is 0.0923. The van der Waals surface area contributed by atoms with Gasteiger partial charge in [0.25, 0.3) is 5.91 Å². The second-order valence-electron chi connectivity index (χ2n) is 7.52. The number of aromatic nitrogens is 2. The molecule has 0 saturated heterocycles. The van der Waals surface area contributed by atoms with Gasteiger partial charge in [-0.3, -0.25) is 4.79 Å². The first-order valence-corrected chi connectivity index (χ1v) is 10.3. The highest BCUT2D eigenvalue weighted by Gasteiger charge is 2.14. The monoisotopic (exact) mass is 386 g/mol. The molecule has 29 heavy (non-hydrogen) atoms. The minimum Gasteiger partial charge on any atom is -0.367 e. The summed E-state index contributed by atoms with van der Waals surface area (Å²) in [5.74, 6) is 0.756. The van der Waals surface area contributed by atoms with Gasteiger partial charge < -0.3 is 10.6 Å². The summed E-state index contributed by atoms with van der Waals surface area (Å²) >= 11 is 0. The molecule has 1 saturated carbocycles. The molecule has 0 unspecified atom stereocenters. The quantitative estimate of drug-likeness (QED) is 0.637. The van der Waals surface area contributed by atoms with E-state index in [1.807, 2.05) is 60.7 Å². The van der Waals surface area contributed by atoms with Gasteiger partial charge in [-0.15, -0.1) is 0 Å². The van der Waals surface area contributed by atoms with E-state index in [0.717, 1.165) is 22.6 Å². The molecular formula is C24H26N4O. The van der Waals surface area contributed by atoms with Crippen molar-refractivity contribution in [2.75, 3.05) is 5.32 Å². The average molecular weight is 386 g/mol. The fraction of sp³-hybridized carbons (Fsp3) is 0.292. The topological polar surface area (TPSA) is 66.9 Å². The van der Waals surface area contributed by atoms with Gasteiger partial charge in [0.05, 0.1) is 5.69 Å². The number of benzene rings is 2. The molecule has 4 rings (SSSR count). The third kappa shape index (κ3) is 5.19. The maximum atomic E-state index is 12.6. The number of nitrogens with one attached hydrogen (secondary N) is 2. The molecule has 0 atom stereocenters. The number of nitrogens with zero attached hydrogens (tertiary/aromatic N) is 2. The second-order valence-corrected chi connectivity index (χ2v) is 7.52. The Balaban J connectivity index is 1.45. The van der Waals surface area contributed by atoms with E-state index >= 15 is 0 Å². The number of amides is 1. The fourth-order valence-corrected chi connectivity index (χ4v) is 3.75. The van der Waals surface area contributed by atoms with Crippen molar-refractivity contribution in [3.63, 3.8) is 0 Å². The molecule has 1 aliphatic rings. The smallest absolute Gasteiger partial charge is 0.251 e. The lowest BCUT2D eigenvalue weighted by Gasteiger charge is -2.23. The van der Waals surface area contributed by atoms with Crippen molar-refractivity contribution >= 4 is 11.7 Å². The maximum Gasteiger partial charge on any atom is 0.251 e. The number of anilines is 1. The van der Waals surface area contributed by atoms with Gasteiger partial charge in [0.2, 0.25) is 0 Å². The molecule has 2 aromatic carbocycles. The van der Waals surface area contributed by atoms with E-state index in [-0.39, 0.29) is 5.91 Å². The first-order chi connectivity index (χ1) is 14.3. The standard InChI is InChI=1S/C24H26N4O/c29-24(25-16-18-8-3-1-4-9-18)20-11-7-10-19(14-20)22-15-23(27-17-26-22)28-21-12-5-2-6-13-21/h1,3-4,7-11,14-15,17,21H,2,5-6,12-13,16H2,(H,25,29)(H,26,27,28). The summed E-state index contributed by atoms with van der Waals surface area (Å²) in [6, 6.07) is 19.9. The fourth-order valence-electron chi connectivity index (χ4n) is 3.75. The normalized spacial score (nSPS) is 14.3. The Kier molecular flexibility index (Phi) is 6.15. The van der Waals surface area contributed by atoms with Crippen molar-refractivity contribution in [2.24, 2.45) is 0 Å². The lowest BCUT2D eigenvalue weighted by atomic mass is 9.95. The van der Waals surface area contributed by atoms with Crippen molar-refractivity contribution in [2.45, 2.75) is 44.7 Å². The predicted octanol–water partition coefficient (Wildman–Crippen LogP) is 4.82. The largest absolute Gasteiger partial charge is 0.367 e. The number of carbonyl (C=O) groups excluding carboxylic acids is 1. The van der Waals surface area contributed by atoms with Gasteiger partial charge in [-0.25, -0.2) is 9.97 Å². The Bertz CT molecular complexity index is 952. The number of carbonyl (C=O) groups is 1. The molecule has 0 radical (unpaired) electrons. The van der Waals surface area contributed by atoms with Crippen LogP contribution in [0.25, 0.3) is 11.3 Å². The number of hydrogen-bond acceptors (Lipinski definition) is 4. The summed E-state index contributed by atoms with van der Waals surface area (Å²) < 4.78 is 0. The molecule has 0 aliphatic heterocycles. The van der Waals surface area contributed by atoms with Crippen LogP contribution in [0.1, 0.15) is 48.0 Å². The van der Waals surface area contributed by atoms with E-state index in [2.05, 4.69) is 20.6 Å². The highest BCUT2D eigenvalue weighted by atomic mass is 16.1. The molecule has 1 aliphatic carbocycles. The Hall–Kier alpha value is -3.21. The van der Waals surface area contributed by atoms with Crippen LogP contribution in [-0.2, 0) is 6.54 Å². The maximum absolute atomic E-state index is 12.6. The van der Waals surface area contributed by atoms with Gasteiger partial charge in [-0.1, -0.05) is 61.7 Å². The number of rotatable bonds is 6. The van der Waals surface area contributed by atoms with Gasteiger partial charge in [-0.2, -0.15) is 0 Å². The first kappa shape index (κ1) is 19.1. The molecule has 5 heteroatoms. The van der Waals surface area contributed by atoms with E-state index < -0.39 is 0 Å². The van der Waals surface area contributed by atoms with Crippen LogP contribution in [0, 0.1) is 0 Å². The Morgan fingerprint density at radius 2 is 1.76 bits per heavy atom. The molecule has 1 amide bonds. The lowest BCUT2D eigenvalue weighted by molar-refractivity contribution is 0.0951. The van der Waals surface area contributed by atoms with Gasteiger partial charge in [0, 0.05) is 29.8 Å². The Morgan fingerprint density at radius 1 is 0.931 bits per heavy atom. The number of hydrogen-bond donors (Lipinski definition) is 2. The molecule has 1 fully saturated rings. The van der Waals surface area contributed by atoms with Crippen molar-refractivity contribution in [1.82, 2.24) is 15.3 Å². The zero-order chi connectivity index (χ0) is 19.9. The highest BCUT2D eigenvalue weighted by molar-refractivity contribution is 5.95. The lowest BCUT2D eigenvalue weighted by Crippen LogP contribution is -2.23. The summed E-state index contributed by atoms with van der Waals surface area (Å²) in [7, 11) is 0. The van der Waals surface area contributed by atoms with Gasteiger partial charge in [0.1, 0.15) is 12.1 Å². The highest BCUT2D eigenvalue weighted by Crippen LogP contribution is 2.24. The van der Waals surface area contributed by atoms with E-state index in [0.29, 0.717) is 18.2 Å². The molecule has 1 heterocycles. The molecular weight excluding hydrogens is 360 g/mol. The van der Waals surface area contributed by atoms with Gasteiger partial charge >= 0.3 is 0 Å². The van der Waals surface area contributed by atoms with Crippen molar-refractivity contribution in [1.29, 1.82) is 0 Å². The summed E-state index contributed by atoms with van der Waals surface area (Å²) in [6.45, 7) is 0.507. The van der Waals surface area contributed by atoms with Crippen LogP contribution in [0.5, 0.6) is 0 Å². The molecule has 2 N–H and O–H groups in total. The van der Waals surface area contributed by atoms with Crippen LogP contribution >= 0.6 is 0 Å². The first-order valence-electron chi connectivity index (χ1n) is 10.3. The van der Waals surface area contributed by atoms with Crippen LogP contribution < -0.4 is 10.6 Å². The second kappa shape index (κ2) is 9.32. The van der Waals surface area contributed by atoms with E-state index in [4.69, 9.17) is 0 Å². The third-order valence-electron chi connectivity index (χ3n) is 5.34. The average Bonchev–Trinajstić information content (AvgIpc) is 2.79. The van der Waals surface area contributed by atoms with Gasteiger partial charge in [-0.05, 0) is 30.5 Å². The van der Waals surface area contributed by atoms with E-state index in [1.165, 1.54) is 32.1 Å². The molecule has 0 spiro atoms. The van der Waals surface area contributed by atoms with Crippen LogP contribution in [0.3, 0.4) is 0 Å². The third-order valence-corrected chi connectivity index (χ3v) is 5.34. The van der Waals surface area contributed by atoms with Crippen LogP contribution in [0.4, 0.5) is 5.82 Å². The van der Waals surface area contributed by atoms with Crippen LogP contribution in [-0.4, -0.2) is 21.9 Å². The van der Waals surface area contributed by atoms with E-state index in [1.54, 1.807) is 6.33 Å². The Labute approximate surface area is 171 Å². The summed E-state index contributed by atoms with van der Waals surface area (Å²) in [6.07, 6.45) is 7.84. The molecule has 148 valence electrons. The molecule has 3 aromatic rings. The molecule has 5 nitrogen and oxygen atoms in total.